The Morgan fingerprint density at radius 3 is 2.67 bits per heavy atom. The monoisotopic (exact) mass is 184 g/mol. The molecule has 4 heteroatoms. The Labute approximate surface area is 76.0 Å². The van der Waals surface area contributed by atoms with Crippen LogP contribution >= 0.6 is 11.3 Å². The number of carbonyl (C=O) groups is 1. The van der Waals surface area contributed by atoms with Crippen LogP contribution < -0.4 is 4.90 Å². The SMILES string of the molecule is CCN(CC)c1ncc(C=O)s1. The third kappa shape index (κ3) is 1.82. The van der Waals surface area contributed by atoms with Gasteiger partial charge in [-0.05, 0) is 13.8 Å². The molecule has 0 aliphatic rings. The predicted molar refractivity (Wildman–Crippen MR) is 51.1 cm³/mol. The number of carbonyl (C=O) groups excluding carboxylic acids is 1. The van der Waals surface area contributed by atoms with Crippen molar-refractivity contribution >= 4 is 22.8 Å². The summed E-state index contributed by atoms with van der Waals surface area (Å²) < 4.78 is 0. The third-order valence-corrected chi connectivity index (χ3v) is 2.65. The molecule has 1 heterocycles. The van der Waals surface area contributed by atoms with Gasteiger partial charge in [0.05, 0.1) is 11.1 Å². The van der Waals surface area contributed by atoms with Crippen LogP contribution in [0.15, 0.2) is 6.20 Å². The quantitative estimate of drug-likeness (QED) is 0.669. The Kier molecular flexibility index (Phi) is 3.22. The minimum Gasteiger partial charge on any atom is -0.349 e. The number of anilines is 1. The van der Waals surface area contributed by atoms with Crippen LogP contribution in [0.4, 0.5) is 5.13 Å². The van der Waals surface area contributed by atoms with Crippen molar-refractivity contribution < 1.29 is 4.79 Å². The molecule has 0 fully saturated rings. The lowest BCUT2D eigenvalue weighted by molar-refractivity contribution is 0.112. The average molecular weight is 184 g/mol. The highest BCUT2D eigenvalue weighted by molar-refractivity contribution is 7.17. The molecule has 0 bridgehead atoms. The average Bonchev–Trinajstić information content (AvgIpc) is 2.55. The number of rotatable bonds is 4. The fourth-order valence-corrected chi connectivity index (χ4v) is 1.83. The second-order valence-electron chi connectivity index (χ2n) is 2.34. The van der Waals surface area contributed by atoms with E-state index < -0.39 is 0 Å². The van der Waals surface area contributed by atoms with E-state index in [1.807, 2.05) is 0 Å². The molecule has 0 radical (unpaired) electrons. The first-order valence-corrected chi connectivity index (χ1v) is 4.79. The van der Waals surface area contributed by atoms with Crippen LogP contribution in [0.1, 0.15) is 23.5 Å². The van der Waals surface area contributed by atoms with E-state index in [4.69, 9.17) is 0 Å². The van der Waals surface area contributed by atoms with Crippen molar-refractivity contribution in [1.82, 2.24) is 4.98 Å². The summed E-state index contributed by atoms with van der Waals surface area (Å²) in [5.41, 5.74) is 0. The predicted octanol–water partition coefficient (Wildman–Crippen LogP) is 1.80. The van der Waals surface area contributed by atoms with Crippen molar-refractivity contribution in [2.75, 3.05) is 18.0 Å². The Hall–Kier alpha value is -0.900. The van der Waals surface area contributed by atoms with Crippen LogP contribution in [-0.2, 0) is 0 Å². The molecule has 0 saturated heterocycles. The van der Waals surface area contributed by atoms with Gasteiger partial charge in [0.15, 0.2) is 11.4 Å². The Balaban J connectivity index is 2.79. The van der Waals surface area contributed by atoms with E-state index in [2.05, 4.69) is 23.7 Å². The second kappa shape index (κ2) is 4.21. The number of thiazole rings is 1. The minimum absolute atomic E-state index is 0.692. The van der Waals surface area contributed by atoms with Crippen molar-refractivity contribution in [1.29, 1.82) is 0 Å². The summed E-state index contributed by atoms with van der Waals surface area (Å²) in [5.74, 6) is 0. The molecule has 0 aliphatic heterocycles. The maximum absolute atomic E-state index is 10.4. The van der Waals surface area contributed by atoms with E-state index in [0.717, 1.165) is 24.5 Å². The standard InChI is InChI=1S/C8H12N2OS/c1-3-10(4-2)8-9-5-7(6-11)12-8/h5-6H,3-4H2,1-2H3. The van der Waals surface area contributed by atoms with Crippen molar-refractivity contribution in [2.24, 2.45) is 0 Å². The van der Waals surface area contributed by atoms with Crippen molar-refractivity contribution in [3.63, 3.8) is 0 Å². The van der Waals surface area contributed by atoms with E-state index in [1.54, 1.807) is 6.20 Å². The molecule has 0 atom stereocenters. The molecule has 0 N–H and O–H groups in total. The lowest BCUT2D eigenvalue weighted by atomic mass is 10.6. The zero-order valence-corrected chi connectivity index (χ0v) is 8.10. The van der Waals surface area contributed by atoms with Crippen molar-refractivity contribution in [3.05, 3.63) is 11.1 Å². The molecule has 3 nitrogen and oxygen atoms in total. The summed E-state index contributed by atoms with van der Waals surface area (Å²) in [7, 11) is 0. The van der Waals surface area contributed by atoms with Gasteiger partial charge in [0.1, 0.15) is 0 Å². The second-order valence-corrected chi connectivity index (χ2v) is 3.38. The molecule has 1 aromatic heterocycles. The first-order valence-electron chi connectivity index (χ1n) is 3.97. The highest BCUT2D eigenvalue weighted by Crippen LogP contribution is 2.20. The molecule has 0 aliphatic carbocycles. The van der Waals surface area contributed by atoms with Crippen LogP contribution in [0.2, 0.25) is 0 Å². The van der Waals surface area contributed by atoms with Crippen molar-refractivity contribution in [3.8, 4) is 0 Å². The van der Waals surface area contributed by atoms with Gasteiger partial charge in [0.2, 0.25) is 0 Å². The molecule has 0 unspecified atom stereocenters. The van der Waals surface area contributed by atoms with E-state index >= 15 is 0 Å². The Bertz CT molecular complexity index is 255. The van der Waals surface area contributed by atoms with Gasteiger partial charge >= 0.3 is 0 Å². The maximum Gasteiger partial charge on any atom is 0.185 e. The summed E-state index contributed by atoms with van der Waals surface area (Å²) >= 11 is 1.44. The minimum atomic E-state index is 0.692. The zero-order chi connectivity index (χ0) is 8.97. The van der Waals surface area contributed by atoms with Crippen LogP contribution in [0.3, 0.4) is 0 Å². The fraction of sp³-hybridized carbons (Fsp3) is 0.500. The van der Waals surface area contributed by atoms with Gasteiger partial charge in [-0.2, -0.15) is 0 Å². The fourth-order valence-electron chi connectivity index (χ4n) is 0.972. The van der Waals surface area contributed by atoms with Gasteiger partial charge in [-0.1, -0.05) is 11.3 Å². The molecule has 12 heavy (non-hydrogen) atoms. The van der Waals surface area contributed by atoms with Crippen LogP contribution in [0.25, 0.3) is 0 Å². The summed E-state index contributed by atoms with van der Waals surface area (Å²) in [4.78, 5) is 17.3. The van der Waals surface area contributed by atoms with E-state index in [1.165, 1.54) is 11.3 Å². The smallest absolute Gasteiger partial charge is 0.185 e. The van der Waals surface area contributed by atoms with Crippen LogP contribution in [-0.4, -0.2) is 24.4 Å². The highest BCUT2D eigenvalue weighted by Gasteiger charge is 2.06. The van der Waals surface area contributed by atoms with E-state index in [0.29, 0.717) is 4.88 Å². The molecule has 1 rings (SSSR count). The molecular weight excluding hydrogens is 172 g/mol. The van der Waals surface area contributed by atoms with Gasteiger partial charge in [-0.3, -0.25) is 4.79 Å². The number of aldehydes is 1. The molecule has 66 valence electrons. The maximum atomic E-state index is 10.4. The first-order chi connectivity index (χ1) is 5.81. The molecular formula is C8H12N2OS. The molecule has 0 spiro atoms. The van der Waals surface area contributed by atoms with Crippen LogP contribution in [0.5, 0.6) is 0 Å². The largest absolute Gasteiger partial charge is 0.349 e. The number of hydrogen-bond donors (Lipinski definition) is 0. The van der Waals surface area contributed by atoms with E-state index in [9.17, 15) is 4.79 Å². The van der Waals surface area contributed by atoms with Gasteiger partial charge in [0, 0.05) is 13.1 Å². The van der Waals surface area contributed by atoms with Gasteiger partial charge < -0.3 is 4.90 Å². The summed E-state index contributed by atoms with van der Waals surface area (Å²) in [6, 6.07) is 0. The third-order valence-electron chi connectivity index (χ3n) is 1.66. The van der Waals surface area contributed by atoms with Gasteiger partial charge in [0.25, 0.3) is 0 Å². The number of nitrogens with zero attached hydrogens (tertiary/aromatic N) is 2. The lowest BCUT2D eigenvalue weighted by Crippen LogP contribution is -2.21. The van der Waals surface area contributed by atoms with Gasteiger partial charge in [-0.15, -0.1) is 0 Å². The van der Waals surface area contributed by atoms with Gasteiger partial charge in [-0.25, -0.2) is 4.98 Å². The molecule has 0 saturated carbocycles. The summed E-state index contributed by atoms with van der Waals surface area (Å²) in [6.45, 7) is 6.02. The summed E-state index contributed by atoms with van der Waals surface area (Å²) in [6.07, 6.45) is 2.45. The molecule has 0 amide bonds. The normalized spacial score (nSPS) is 9.83. The Morgan fingerprint density at radius 1 is 1.58 bits per heavy atom. The Morgan fingerprint density at radius 2 is 2.25 bits per heavy atom. The first kappa shape index (κ1) is 9.19. The highest BCUT2D eigenvalue weighted by atomic mass is 32.1. The molecule has 0 aromatic carbocycles. The topological polar surface area (TPSA) is 33.2 Å². The lowest BCUT2D eigenvalue weighted by Gasteiger charge is -2.16. The van der Waals surface area contributed by atoms with Crippen molar-refractivity contribution in [2.45, 2.75) is 13.8 Å². The van der Waals surface area contributed by atoms with E-state index in [-0.39, 0.29) is 0 Å². The number of hydrogen-bond acceptors (Lipinski definition) is 4. The number of aromatic nitrogens is 1. The zero-order valence-electron chi connectivity index (χ0n) is 7.28. The summed E-state index contributed by atoms with van der Waals surface area (Å²) in [5, 5.41) is 0.933. The van der Waals surface area contributed by atoms with Crippen LogP contribution in [0, 0.1) is 0 Å². The molecule has 1 aromatic rings.